The van der Waals surface area contributed by atoms with E-state index >= 15 is 0 Å². The molecule has 1 saturated heterocycles. The zero-order chi connectivity index (χ0) is 21.7. The van der Waals surface area contributed by atoms with Crippen LogP contribution in [0.15, 0.2) is 47.6 Å². The molecule has 1 N–H and O–H groups in total. The van der Waals surface area contributed by atoms with E-state index in [1.54, 1.807) is 12.1 Å². The molecule has 0 radical (unpaired) electrons. The van der Waals surface area contributed by atoms with Gasteiger partial charge in [-0.1, -0.05) is 6.07 Å². The van der Waals surface area contributed by atoms with Gasteiger partial charge in [0.25, 0.3) is 5.91 Å². The minimum atomic E-state index is -3.62. The number of benzene rings is 1. The third-order valence-corrected chi connectivity index (χ3v) is 7.08. The van der Waals surface area contributed by atoms with Crippen LogP contribution in [0.25, 0.3) is 0 Å². The van der Waals surface area contributed by atoms with Crippen LogP contribution in [-0.4, -0.2) is 49.3 Å². The zero-order valence-electron chi connectivity index (χ0n) is 17.0. The Morgan fingerprint density at radius 2 is 1.90 bits per heavy atom. The second-order valence-corrected chi connectivity index (χ2v) is 9.26. The molecular weight excluding hydrogens is 406 g/mol. The predicted molar refractivity (Wildman–Crippen MR) is 111 cm³/mol. The van der Waals surface area contributed by atoms with Gasteiger partial charge >= 0.3 is 5.97 Å². The Morgan fingerprint density at radius 1 is 1.17 bits per heavy atom. The molecule has 1 fully saturated rings. The SMILES string of the molecule is Cc1ccc(NC(=O)COC(=O)C2CCN(S(=O)(=O)c3cccnc3)CC2)cc1C. The van der Waals surface area contributed by atoms with E-state index in [-0.39, 0.29) is 24.6 Å². The molecule has 0 saturated carbocycles. The van der Waals surface area contributed by atoms with Crippen LogP contribution in [-0.2, 0) is 24.3 Å². The normalized spacial score (nSPS) is 15.5. The summed E-state index contributed by atoms with van der Waals surface area (Å²) >= 11 is 0. The van der Waals surface area contributed by atoms with Crippen LogP contribution in [0.5, 0.6) is 0 Å². The standard InChI is InChI=1S/C21H25N3O5S/c1-15-5-6-18(12-16(15)2)23-20(25)14-29-21(26)17-7-10-24(11-8-17)30(27,28)19-4-3-9-22-13-19/h3-6,9,12-13,17H,7-8,10-11,14H2,1-2H3,(H,23,25). The number of anilines is 1. The van der Waals surface area contributed by atoms with Gasteiger partial charge in [-0.05, 0) is 62.1 Å². The lowest BCUT2D eigenvalue weighted by atomic mass is 9.98. The number of piperidine rings is 1. The lowest BCUT2D eigenvalue weighted by Gasteiger charge is -2.29. The van der Waals surface area contributed by atoms with Crippen LogP contribution in [0, 0.1) is 19.8 Å². The number of aryl methyl sites for hydroxylation is 2. The monoisotopic (exact) mass is 431 g/mol. The molecule has 0 bridgehead atoms. The van der Waals surface area contributed by atoms with Crippen molar-refractivity contribution >= 4 is 27.6 Å². The summed E-state index contributed by atoms with van der Waals surface area (Å²) in [5, 5.41) is 2.70. The molecule has 1 aliphatic heterocycles. The number of amides is 1. The molecule has 0 spiro atoms. The number of aromatic nitrogens is 1. The van der Waals surface area contributed by atoms with Gasteiger partial charge < -0.3 is 10.1 Å². The number of hydrogen-bond acceptors (Lipinski definition) is 6. The minimum Gasteiger partial charge on any atom is -0.455 e. The highest BCUT2D eigenvalue weighted by Crippen LogP contribution is 2.24. The average Bonchev–Trinajstić information content (AvgIpc) is 2.75. The summed E-state index contributed by atoms with van der Waals surface area (Å²) in [5.41, 5.74) is 2.82. The maximum absolute atomic E-state index is 12.6. The van der Waals surface area contributed by atoms with Crippen molar-refractivity contribution in [1.29, 1.82) is 0 Å². The Hall–Kier alpha value is -2.78. The quantitative estimate of drug-likeness (QED) is 0.704. The van der Waals surface area contributed by atoms with E-state index in [9.17, 15) is 18.0 Å². The molecule has 9 heteroatoms. The number of sulfonamides is 1. The first-order valence-electron chi connectivity index (χ1n) is 9.71. The van der Waals surface area contributed by atoms with Crippen LogP contribution >= 0.6 is 0 Å². The first-order chi connectivity index (χ1) is 14.3. The number of nitrogens with zero attached hydrogens (tertiary/aromatic N) is 2. The molecule has 8 nitrogen and oxygen atoms in total. The number of rotatable bonds is 6. The molecule has 0 aliphatic carbocycles. The molecule has 2 aromatic rings. The summed E-state index contributed by atoms with van der Waals surface area (Å²) in [7, 11) is -3.62. The van der Waals surface area contributed by atoms with E-state index < -0.39 is 27.8 Å². The van der Waals surface area contributed by atoms with Gasteiger partial charge in [-0.3, -0.25) is 14.6 Å². The summed E-state index contributed by atoms with van der Waals surface area (Å²) in [5.74, 6) is -1.33. The molecule has 1 aromatic heterocycles. The number of hydrogen-bond donors (Lipinski definition) is 1. The van der Waals surface area contributed by atoms with Crippen molar-refractivity contribution in [1.82, 2.24) is 9.29 Å². The third-order valence-electron chi connectivity index (χ3n) is 5.20. The van der Waals surface area contributed by atoms with Crippen molar-refractivity contribution in [3.63, 3.8) is 0 Å². The average molecular weight is 432 g/mol. The van der Waals surface area contributed by atoms with E-state index in [0.717, 1.165) is 11.1 Å². The molecule has 1 aromatic carbocycles. The molecule has 1 amide bonds. The molecule has 160 valence electrons. The second-order valence-electron chi connectivity index (χ2n) is 7.32. The number of esters is 1. The summed E-state index contributed by atoms with van der Waals surface area (Å²) in [6, 6.07) is 8.62. The van der Waals surface area contributed by atoms with Crippen molar-refractivity contribution in [3.8, 4) is 0 Å². The van der Waals surface area contributed by atoms with Gasteiger partial charge in [-0.2, -0.15) is 4.31 Å². The largest absolute Gasteiger partial charge is 0.455 e. The van der Waals surface area contributed by atoms with Gasteiger partial charge in [0.05, 0.1) is 5.92 Å². The van der Waals surface area contributed by atoms with Crippen molar-refractivity contribution < 1.29 is 22.7 Å². The van der Waals surface area contributed by atoms with E-state index in [2.05, 4.69) is 10.3 Å². The highest BCUT2D eigenvalue weighted by Gasteiger charge is 2.33. The van der Waals surface area contributed by atoms with E-state index in [1.165, 1.54) is 22.8 Å². The fraction of sp³-hybridized carbons (Fsp3) is 0.381. The molecule has 3 rings (SSSR count). The Bertz CT molecular complexity index is 1020. The van der Waals surface area contributed by atoms with Gasteiger partial charge in [0, 0.05) is 31.2 Å². The smallest absolute Gasteiger partial charge is 0.309 e. The maximum Gasteiger partial charge on any atom is 0.309 e. The number of nitrogens with one attached hydrogen (secondary N) is 1. The number of carbonyl (C=O) groups is 2. The zero-order valence-corrected chi connectivity index (χ0v) is 17.8. The highest BCUT2D eigenvalue weighted by atomic mass is 32.2. The fourth-order valence-corrected chi connectivity index (χ4v) is 4.69. The molecule has 0 unspecified atom stereocenters. The number of carbonyl (C=O) groups excluding carboxylic acids is 2. The van der Waals surface area contributed by atoms with Crippen molar-refractivity contribution in [2.24, 2.45) is 5.92 Å². The fourth-order valence-electron chi connectivity index (χ4n) is 3.25. The lowest BCUT2D eigenvalue weighted by molar-refractivity contribution is -0.152. The van der Waals surface area contributed by atoms with Crippen LogP contribution in [0.4, 0.5) is 5.69 Å². The molecule has 0 atom stereocenters. The van der Waals surface area contributed by atoms with Gasteiger partial charge in [0.2, 0.25) is 10.0 Å². The van der Waals surface area contributed by atoms with Crippen LogP contribution < -0.4 is 5.32 Å². The van der Waals surface area contributed by atoms with Gasteiger partial charge in [-0.25, -0.2) is 8.42 Å². The Balaban J connectivity index is 1.47. The van der Waals surface area contributed by atoms with E-state index in [1.807, 2.05) is 26.0 Å². The van der Waals surface area contributed by atoms with Crippen LogP contribution in [0.1, 0.15) is 24.0 Å². The van der Waals surface area contributed by atoms with Gasteiger partial charge in [0.1, 0.15) is 4.90 Å². The summed E-state index contributed by atoms with van der Waals surface area (Å²) < 4.78 is 31.7. The van der Waals surface area contributed by atoms with Crippen molar-refractivity contribution in [2.75, 3.05) is 25.0 Å². The van der Waals surface area contributed by atoms with E-state index in [0.29, 0.717) is 18.5 Å². The first kappa shape index (κ1) is 21.9. The lowest BCUT2D eigenvalue weighted by Crippen LogP contribution is -2.40. The minimum absolute atomic E-state index is 0.133. The Morgan fingerprint density at radius 3 is 2.53 bits per heavy atom. The predicted octanol–water partition coefficient (Wildman–Crippen LogP) is 2.28. The Kier molecular flexibility index (Phi) is 6.84. The number of ether oxygens (including phenoxy) is 1. The number of pyridine rings is 1. The first-order valence-corrected chi connectivity index (χ1v) is 11.2. The van der Waals surface area contributed by atoms with Crippen molar-refractivity contribution in [2.45, 2.75) is 31.6 Å². The molecular formula is C21H25N3O5S. The highest BCUT2D eigenvalue weighted by molar-refractivity contribution is 7.89. The second kappa shape index (κ2) is 9.36. The summed E-state index contributed by atoms with van der Waals surface area (Å²) in [6.07, 6.45) is 3.51. The topological polar surface area (TPSA) is 106 Å². The van der Waals surface area contributed by atoms with Gasteiger partial charge in [-0.15, -0.1) is 0 Å². The maximum atomic E-state index is 12.6. The molecule has 2 heterocycles. The summed E-state index contributed by atoms with van der Waals surface area (Å²) in [6.45, 7) is 3.99. The third kappa shape index (κ3) is 5.22. The van der Waals surface area contributed by atoms with Crippen LogP contribution in [0.3, 0.4) is 0 Å². The van der Waals surface area contributed by atoms with Crippen LogP contribution in [0.2, 0.25) is 0 Å². The van der Waals surface area contributed by atoms with E-state index in [4.69, 9.17) is 4.74 Å². The van der Waals surface area contributed by atoms with Gasteiger partial charge in [0.15, 0.2) is 6.61 Å². The van der Waals surface area contributed by atoms with Crippen molar-refractivity contribution in [3.05, 3.63) is 53.9 Å². The molecule has 1 aliphatic rings. The molecule has 30 heavy (non-hydrogen) atoms. The Labute approximate surface area is 176 Å². The summed E-state index contributed by atoms with van der Waals surface area (Å²) in [4.78, 5) is 28.3.